The van der Waals surface area contributed by atoms with E-state index in [1.165, 1.54) is 33.0 Å². The lowest BCUT2D eigenvalue weighted by atomic mass is 10.00. The Morgan fingerprint density at radius 2 is 0.800 bits per heavy atom. The van der Waals surface area contributed by atoms with Crippen LogP contribution in [0.15, 0.2) is 205 Å². The van der Waals surface area contributed by atoms with Gasteiger partial charge >= 0.3 is 0 Å². The number of furan rings is 1. The van der Waals surface area contributed by atoms with Crippen LogP contribution in [0.2, 0.25) is 0 Å². The highest BCUT2D eigenvalue weighted by Crippen LogP contribution is 2.39. The summed E-state index contributed by atoms with van der Waals surface area (Å²) in [5.74, 6) is 0.876. The molecule has 0 saturated carbocycles. The molecule has 0 aliphatic carbocycles. The van der Waals surface area contributed by atoms with E-state index in [0.29, 0.717) is 0 Å². The van der Waals surface area contributed by atoms with Crippen LogP contribution in [0, 0.1) is 0 Å². The molecular weight excluding hydrogens is 607 g/mol. The number of hydrogen-bond acceptors (Lipinski definition) is 2. The van der Waals surface area contributed by atoms with Gasteiger partial charge in [-0.25, -0.2) is 0 Å². The Hall–Kier alpha value is -6.64. The average molecular weight is 640 g/mol. The van der Waals surface area contributed by atoms with Crippen LogP contribution in [0.4, 0.5) is 17.1 Å². The number of rotatable bonds is 7. The van der Waals surface area contributed by atoms with Gasteiger partial charge in [0.05, 0.1) is 0 Å². The van der Waals surface area contributed by atoms with E-state index in [9.17, 15) is 0 Å². The van der Waals surface area contributed by atoms with E-state index in [0.717, 1.165) is 50.5 Å². The van der Waals surface area contributed by atoms with Crippen LogP contribution in [-0.4, -0.2) is 0 Å². The number of hydrogen-bond donors (Lipinski definition) is 0. The number of benzene rings is 8. The molecule has 0 aliphatic heterocycles. The van der Waals surface area contributed by atoms with Gasteiger partial charge in [-0.15, -0.1) is 0 Å². The van der Waals surface area contributed by atoms with Crippen LogP contribution in [0.5, 0.6) is 0 Å². The zero-order valence-electron chi connectivity index (χ0n) is 27.4. The molecule has 9 aromatic rings. The van der Waals surface area contributed by atoms with E-state index in [2.05, 4.69) is 187 Å². The van der Waals surface area contributed by atoms with Gasteiger partial charge in [0.2, 0.25) is 0 Å². The second kappa shape index (κ2) is 12.8. The topological polar surface area (TPSA) is 16.4 Å². The molecule has 2 nitrogen and oxygen atoms in total. The fourth-order valence-corrected chi connectivity index (χ4v) is 6.85. The quantitative estimate of drug-likeness (QED) is 0.173. The minimum Gasteiger partial charge on any atom is -0.456 e. The fourth-order valence-electron chi connectivity index (χ4n) is 6.85. The van der Waals surface area contributed by atoms with E-state index in [-0.39, 0.29) is 0 Å². The summed E-state index contributed by atoms with van der Waals surface area (Å²) in [6, 6.07) is 71.2. The Balaban J connectivity index is 1.08. The molecule has 0 amide bonds. The molecule has 8 aromatic carbocycles. The fraction of sp³-hybridized carbons (Fsp3) is 0. The maximum Gasteiger partial charge on any atom is 0.135 e. The third-order valence-electron chi connectivity index (χ3n) is 9.45. The van der Waals surface area contributed by atoms with Gasteiger partial charge in [0.1, 0.15) is 11.3 Å². The zero-order valence-corrected chi connectivity index (χ0v) is 27.4. The summed E-state index contributed by atoms with van der Waals surface area (Å²) in [6.45, 7) is 0. The molecule has 0 bridgehead atoms. The predicted molar refractivity (Wildman–Crippen MR) is 210 cm³/mol. The minimum absolute atomic E-state index is 0.876. The lowest BCUT2D eigenvalue weighted by molar-refractivity contribution is 0.631. The molecule has 0 saturated heterocycles. The summed E-state index contributed by atoms with van der Waals surface area (Å²) < 4.78 is 6.18. The van der Waals surface area contributed by atoms with Gasteiger partial charge in [0.15, 0.2) is 0 Å². The Morgan fingerprint density at radius 3 is 1.52 bits per heavy atom. The van der Waals surface area contributed by atoms with Crippen molar-refractivity contribution in [2.24, 2.45) is 0 Å². The van der Waals surface area contributed by atoms with Gasteiger partial charge in [-0.05, 0) is 105 Å². The molecule has 0 N–H and O–H groups in total. The molecule has 1 aromatic heterocycles. The molecule has 50 heavy (non-hydrogen) atoms. The number of nitrogens with zero attached hydrogens (tertiary/aromatic N) is 1. The summed E-state index contributed by atoms with van der Waals surface area (Å²) in [5.41, 5.74) is 12.3. The molecular formula is C48H33NO. The first-order valence-electron chi connectivity index (χ1n) is 17.0. The third-order valence-corrected chi connectivity index (χ3v) is 9.45. The lowest BCUT2D eigenvalue weighted by Crippen LogP contribution is -2.10. The summed E-state index contributed by atoms with van der Waals surface area (Å²) in [4.78, 5) is 2.34. The van der Waals surface area contributed by atoms with Gasteiger partial charge in [0.25, 0.3) is 0 Å². The highest BCUT2D eigenvalue weighted by molar-refractivity contribution is 5.88. The van der Waals surface area contributed by atoms with Gasteiger partial charge in [-0.3, -0.25) is 0 Å². The molecule has 0 unspecified atom stereocenters. The molecule has 1 heterocycles. The van der Waals surface area contributed by atoms with Crippen LogP contribution in [-0.2, 0) is 0 Å². The largest absolute Gasteiger partial charge is 0.456 e. The Bertz CT molecular complexity index is 2550. The molecule has 9 rings (SSSR count). The summed E-state index contributed by atoms with van der Waals surface area (Å²) in [7, 11) is 0. The molecule has 0 radical (unpaired) electrons. The van der Waals surface area contributed by atoms with Gasteiger partial charge in [-0.2, -0.15) is 0 Å². The van der Waals surface area contributed by atoms with Crippen LogP contribution in [0.25, 0.3) is 66.4 Å². The SMILES string of the molecule is c1ccc(-c2cccc(N(c3ccc(-c4cccc(-c5cc6ccccc6o5)c4)cc3)c3ccc(-c4ccc5ccccc5c4)cc3)c2)cc1. The average Bonchev–Trinajstić information content (AvgIpc) is 3.64. The van der Waals surface area contributed by atoms with Gasteiger partial charge in [-0.1, -0.05) is 140 Å². The number of anilines is 3. The van der Waals surface area contributed by atoms with E-state index >= 15 is 0 Å². The lowest BCUT2D eigenvalue weighted by Gasteiger charge is -2.26. The number of para-hydroxylation sites is 1. The molecule has 236 valence electrons. The first-order chi connectivity index (χ1) is 24.7. The van der Waals surface area contributed by atoms with Gasteiger partial charge < -0.3 is 9.32 Å². The molecule has 2 heteroatoms. The normalized spacial score (nSPS) is 11.2. The van der Waals surface area contributed by atoms with E-state index in [4.69, 9.17) is 4.42 Å². The van der Waals surface area contributed by atoms with Crippen LogP contribution in [0.3, 0.4) is 0 Å². The molecule has 0 spiro atoms. The van der Waals surface area contributed by atoms with E-state index in [1.807, 2.05) is 18.2 Å². The summed E-state index contributed by atoms with van der Waals surface area (Å²) in [6.07, 6.45) is 0. The Morgan fingerprint density at radius 1 is 0.280 bits per heavy atom. The van der Waals surface area contributed by atoms with Crippen LogP contribution in [0.1, 0.15) is 0 Å². The standard InChI is InChI=1S/C48H33NO/c1-2-10-34(11-3-1)40-16-9-18-46(32-40)49(45-28-24-37(25-29-45)41-21-20-35-12-4-5-13-38(35)30-41)44-26-22-36(23-27-44)39-15-8-17-42(31-39)48-33-43-14-6-7-19-47(43)50-48/h1-33H. The van der Waals surface area contributed by atoms with Crippen LogP contribution >= 0.6 is 0 Å². The number of fused-ring (bicyclic) bond motifs is 2. The maximum atomic E-state index is 6.18. The molecule has 0 fully saturated rings. The van der Waals surface area contributed by atoms with Crippen molar-refractivity contribution in [2.75, 3.05) is 4.90 Å². The highest BCUT2D eigenvalue weighted by Gasteiger charge is 2.15. The first-order valence-corrected chi connectivity index (χ1v) is 17.0. The highest BCUT2D eigenvalue weighted by atomic mass is 16.3. The van der Waals surface area contributed by atoms with Crippen molar-refractivity contribution in [2.45, 2.75) is 0 Å². The van der Waals surface area contributed by atoms with Crippen molar-refractivity contribution in [3.8, 4) is 44.7 Å². The van der Waals surface area contributed by atoms with E-state index < -0.39 is 0 Å². The monoisotopic (exact) mass is 639 g/mol. The Kier molecular flexibility index (Phi) is 7.53. The second-order valence-corrected chi connectivity index (χ2v) is 12.6. The smallest absolute Gasteiger partial charge is 0.135 e. The Labute approximate surface area is 292 Å². The zero-order chi connectivity index (χ0) is 33.3. The van der Waals surface area contributed by atoms with E-state index in [1.54, 1.807) is 0 Å². The predicted octanol–water partition coefficient (Wildman–Crippen LogP) is 13.7. The van der Waals surface area contributed by atoms with Crippen molar-refractivity contribution in [3.63, 3.8) is 0 Å². The van der Waals surface area contributed by atoms with Crippen molar-refractivity contribution < 1.29 is 4.42 Å². The maximum absolute atomic E-state index is 6.18. The van der Waals surface area contributed by atoms with Crippen molar-refractivity contribution in [1.82, 2.24) is 0 Å². The summed E-state index contributed by atoms with van der Waals surface area (Å²) >= 11 is 0. The second-order valence-electron chi connectivity index (χ2n) is 12.6. The summed E-state index contributed by atoms with van der Waals surface area (Å²) in [5, 5.41) is 3.61. The van der Waals surface area contributed by atoms with Gasteiger partial charge in [0, 0.05) is 28.0 Å². The molecule has 0 aliphatic rings. The van der Waals surface area contributed by atoms with Crippen molar-refractivity contribution >= 4 is 38.8 Å². The van der Waals surface area contributed by atoms with Crippen LogP contribution < -0.4 is 4.90 Å². The third kappa shape index (κ3) is 5.74. The first kappa shape index (κ1) is 29.5. The van der Waals surface area contributed by atoms with Crippen molar-refractivity contribution in [1.29, 1.82) is 0 Å². The van der Waals surface area contributed by atoms with Crippen molar-refractivity contribution in [3.05, 3.63) is 200 Å². The molecule has 0 atom stereocenters. The minimum atomic E-state index is 0.876.